The van der Waals surface area contributed by atoms with E-state index in [2.05, 4.69) is 0 Å². The largest absolute Gasteiger partial charge is 0.379 e. The fraction of sp³-hybridized carbons (Fsp3) is 0.571. The molecule has 19 heavy (non-hydrogen) atoms. The third-order valence-corrected chi connectivity index (χ3v) is 6.63. The van der Waals surface area contributed by atoms with E-state index >= 15 is 0 Å². The number of hydrogen-bond donors (Lipinski definition) is 1. The summed E-state index contributed by atoms with van der Waals surface area (Å²) in [6, 6.07) is 7.34. The molecule has 0 bridgehead atoms. The molecule has 0 unspecified atom stereocenters. The van der Waals surface area contributed by atoms with Crippen LogP contribution >= 0.6 is 0 Å². The SMILES string of the molecule is NCC1(c2ccccc2S(=O)(=O)C2COC2)CCC1. The molecule has 1 saturated heterocycles. The molecule has 1 heterocycles. The molecule has 1 aliphatic heterocycles. The molecule has 0 amide bonds. The minimum atomic E-state index is -3.28. The zero-order chi connectivity index (χ0) is 13.5. The van der Waals surface area contributed by atoms with Gasteiger partial charge in [-0.25, -0.2) is 8.42 Å². The molecule has 2 fully saturated rings. The van der Waals surface area contributed by atoms with Crippen LogP contribution in [0.15, 0.2) is 29.2 Å². The summed E-state index contributed by atoms with van der Waals surface area (Å²) < 4.78 is 30.3. The molecule has 0 atom stereocenters. The number of sulfone groups is 1. The van der Waals surface area contributed by atoms with Crippen molar-refractivity contribution in [1.29, 1.82) is 0 Å². The van der Waals surface area contributed by atoms with E-state index in [1.165, 1.54) is 0 Å². The van der Waals surface area contributed by atoms with Crippen LogP contribution in [-0.4, -0.2) is 33.4 Å². The fourth-order valence-corrected chi connectivity index (χ4v) is 4.68. The molecule has 1 aliphatic carbocycles. The van der Waals surface area contributed by atoms with Crippen molar-refractivity contribution in [1.82, 2.24) is 0 Å². The van der Waals surface area contributed by atoms with Crippen molar-refractivity contribution < 1.29 is 13.2 Å². The van der Waals surface area contributed by atoms with Gasteiger partial charge in [0.1, 0.15) is 5.25 Å². The smallest absolute Gasteiger partial charge is 0.186 e. The second-order valence-electron chi connectivity index (χ2n) is 5.54. The van der Waals surface area contributed by atoms with Crippen molar-refractivity contribution in [2.45, 2.75) is 34.8 Å². The first-order chi connectivity index (χ1) is 9.10. The van der Waals surface area contributed by atoms with E-state index in [1.54, 1.807) is 12.1 Å². The lowest BCUT2D eigenvalue weighted by molar-refractivity contribution is 0.0415. The Labute approximate surface area is 113 Å². The minimum absolute atomic E-state index is 0.131. The summed E-state index contributed by atoms with van der Waals surface area (Å²) in [5, 5.41) is -0.386. The van der Waals surface area contributed by atoms with Gasteiger partial charge >= 0.3 is 0 Å². The number of rotatable bonds is 4. The quantitative estimate of drug-likeness (QED) is 0.901. The number of nitrogens with two attached hydrogens (primary N) is 1. The van der Waals surface area contributed by atoms with Gasteiger partial charge in [0.25, 0.3) is 0 Å². The Hall–Kier alpha value is -0.910. The van der Waals surface area contributed by atoms with Crippen molar-refractivity contribution in [2.24, 2.45) is 5.73 Å². The van der Waals surface area contributed by atoms with E-state index in [-0.39, 0.29) is 10.7 Å². The van der Waals surface area contributed by atoms with Gasteiger partial charge in [0.2, 0.25) is 0 Å². The van der Waals surface area contributed by atoms with Gasteiger partial charge in [0.05, 0.1) is 18.1 Å². The van der Waals surface area contributed by atoms with Crippen LogP contribution in [0.2, 0.25) is 0 Å². The summed E-state index contributed by atoms with van der Waals surface area (Å²) in [6.45, 7) is 1.14. The fourth-order valence-electron chi connectivity index (χ4n) is 2.91. The molecule has 1 aromatic rings. The maximum Gasteiger partial charge on any atom is 0.186 e. The van der Waals surface area contributed by atoms with Crippen molar-refractivity contribution in [3.05, 3.63) is 29.8 Å². The van der Waals surface area contributed by atoms with Crippen LogP contribution in [-0.2, 0) is 20.0 Å². The van der Waals surface area contributed by atoms with Crippen LogP contribution in [0.1, 0.15) is 24.8 Å². The summed E-state index contributed by atoms with van der Waals surface area (Å²) in [5.74, 6) is 0. The van der Waals surface area contributed by atoms with Crippen molar-refractivity contribution in [2.75, 3.05) is 19.8 Å². The highest BCUT2D eigenvalue weighted by atomic mass is 32.2. The first kappa shape index (κ1) is 13.1. The maximum absolute atomic E-state index is 12.6. The molecule has 2 aliphatic rings. The topological polar surface area (TPSA) is 69.4 Å². The Bertz CT molecular complexity index is 569. The van der Waals surface area contributed by atoms with Gasteiger partial charge in [-0.3, -0.25) is 0 Å². The van der Waals surface area contributed by atoms with E-state index in [0.29, 0.717) is 24.7 Å². The van der Waals surface area contributed by atoms with Gasteiger partial charge in [0.15, 0.2) is 9.84 Å². The predicted octanol–water partition coefficient (Wildman–Crippen LogP) is 1.24. The lowest BCUT2D eigenvalue weighted by Gasteiger charge is -2.43. The van der Waals surface area contributed by atoms with Gasteiger partial charge in [-0.15, -0.1) is 0 Å². The van der Waals surface area contributed by atoms with Crippen LogP contribution in [0.4, 0.5) is 0 Å². The number of hydrogen-bond acceptors (Lipinski definition) is 4. The zero-order valence-corrected chi connectivity index (χ0v) is 11.7. The maximum atomic E-state index is 12.6. The van der Waals surface area contributed by atoms with Crippen LogP contribution in [0, 0.1) is 0 Å². The van der Waals surface area contributed by atoms with E-state index in [4.69, 9.17) is 10.5 Å². The lowest BCUT2D eigenvalue weighted by atomic mass is 9.64. The monoisotopic (exact) mass is 281 g/mol. The summed E-state index contributed by atoms with van der Waals surface area (Å²) >= 11 is 0. The first-order valence-electron chi connectivity index (χ1n) is 6.71. The normalized spacial score (nSPS) is 22.6. The van der Waals surface area contributed by atoms with Crippen molar-refractivity contribution >= 4 is 9.84 Å². The highest BCUT2D eigenvalue weighted by Crippen LogP contribution is 2.45. The molecular formula is C14H19NO3S. The van der Waals surface area contributed by atoms with E-state index in [0.717, 1.165) is 24.8 Å². The third kappa shape index (κ3) is 1.91. The summed E-state index contributed by atoms with van der Waals surface area (Å²) in [4.78, 5) is 0.466. The third-order valence-electron chi connectivity index (χ3n) is 4.51. The standard InChI is InChI=1S/C14H19NO3S/c15-10-14(6-3-7-14)12-4-1-2-5-13(12)19(16,17)11-8-18-9-11/h1-2,4-5,11H,3,6-10,15H2. The number of ether oxygens (including phenoxy) is 1. The predicted molar refractivity (Wildman–Crippen MR) is 72.8 cm³/mol. The Morgan fingerprint density at radius 3 is 2.42 bits per heavy atom. The molecule has 0 aromatic heterocycles. The highest BCUT2D eigenvalue weighted by molar-refractivity contribution is 7.92. The van der Waals surface area contributed by atoms with Gasteiger partial charge in [-0.2, -0.15) is 0 Å². The van der Waals surface area contributed by atoms with Gasteiger partial charge in [-0.1, -0.05) is 24.6 Å². The second-order valence-corrected chi connectivity index (χ2v) is 7.74. The first-order valence-corrected chi connectivity index (χ1v) is 8.26. The molecule has 1 saturated carbocycles. The van der Waals surface area contributed by atoms with Crippen LogP contribution in [0.3, 0.4) is 0 Å². The molecular weight excluding hydrogens is 262 g/mol. The number of benzene rings is 1. The van der Waals surface area contributed by atoms with Crippen LogP contribution in [0.25, 0.3) is 0 Å². The Morgan fingerprint density at radius 1 is 1.26 bits per heavy atom. The van der Waals surface area contributed by atoms with E-state index < -0.39 is 9.84 Å². The molecule has 0 spiro atoms. The van der Waals surface area contributed by atoms with E-state index in [1.807, 2.05) is 12.1 Å². The molecule has 104 valence electrons. The molecule has 2 N–H and O–H groups in total. The van der Waals surface area contributed by atoms with Crippen molar-refractivity contribution in [3.8, 4) is 0 Å². The second kappa shape index (κ2) is 4.58. The van der Waals surface area contributed by atoms with E-state index in [9.17, 15) is 8.42 Å². The summed E-state index contributed by atoms with van der Waals surface area (Å²) in [6.07, 6.45) is 3.09. The molecule has 4 nitrogen and oxygen atoms in total. The van der Waals surface area contributed by atoms with Crippen LogP contribution in [0.5, 0.6) is 0 Å². The Morgan fingerprint density at radius 2 is 1.95 bits per heavy atom. The molecule has 3 rings (SSSR count). The average Bonchev–Trinajstić information content (AvgIpc) is 2.26. The summed E-state index contributed by atoms with van der Waals surface area (Å²) in [7, 11) is -3.28. The van der Waals surface area contributed by atoms with Crippen molar-refractivity contribution in [3.63, 3.8) is 0 Å². The zero-order valence-electron chi connectivity index (χ0n) is 10.8. The Balaban J connectivity index is 2.07. The molecule has 5 heteroatoms. The van der Waals surface area contributed by atoms with Crippen LogP contribution < -0.4 is 5.73 Å². The average molecular weight is 281 g/mol. The summed E-state index contributed by atoms with van der Waals surface area (Å²) in [5.41, 5.74) is 6.70. The van der Waals surface area contributed by atoms with Gasteiger partial charge in [0, 0.05) is 12.0 Å². The lowest BCUT2D eigenvalue weighted by Crippen LogP contribution is -2.45. The highest BCUT2D eigenvalue weighted by Gasteiger charge is 2.43. The minimum Gasteiger partial charge on any atom is -0.379 e. The van der Waals surface area contributed by atoms with Gasteiger partial charge < -0.3 is 10.5 Å². The molecule has 1 aromatic carbocycles. The Kier molecular flexibility index (Phi) is 3.15. The molecule has 0 radical (unpaired) electrons. The van der Waals surface area contributed by atoms with Gasteiger partial charge in [-0.05, 0) is 24.5 Å².